The van der Waals surface area contributed by atoms with Crippen molar-refractivity contribution < 1.29 is 19.7 Å². The minimum Gasteiger partial charge on any atom is -0.486 e. The van der Waals surface area contributed by atoms with Crippen LogP contribution in [0.15, 0.2) is 42.5 Å². The number of ether oxygens (including phenoxy) is 2. The van der Waals surface area contributed by atoms with Gasteiger partial charge in [0.15, 0.2) is 17.9 Å². The summed E-state index contributed by atoms with van der Waals surface area (Å²) in [5.41, 5.74) is 1.74. The number of nitrogens with zero attached hydrogens (tertiary/aromatic N) is 1. The summed E-state index contributed by atoms with van der Waals surface area (Å²) in [6.07, 6.45) is 0.521. The molecule has 1 saturated heterocycles. The van der Waals surface area contributed by atoms with E-state index in [0.717, 1.165) is 37.1 Å². The second kappa shape index (κ2) is 10.6. The van der Waals surface area contributed by atoms with Crippen molar-refractivity contribution in [3.05, 3.63) is 58.6 Å². The number of aliphatic hydroxyl groups is 2. The van der Waals surface area contributed by atoms with E-state index in [-0.39, 0.29) is 6.04 Å². The minimum absolute atomic E-state index is 0.367. The summed E-state index contributed by atoms with van der Waals surface area (Å²) < 4.78 is 11.2. The Morgan fingerprint density at radius 1 is 0.968 bits per heavy atom. The third-order valence-electron chi connectivity index (χ3n) is 5.73. The minimum atomic E-state index is -0.977. The number of hydrogen-bond acceptors (Lipinski definition) is 7. The number of fused-ring (bicyclic) bond motifs is 1. The highest BCUT2D eigenvalue weighted by Crippen LogP contribution is 2.33. The van der Waals surface area contributed by atoms with Crippen LogP contribution in [0.1, 0.15) is 30.1 Å². The van der Waals surface area contributed by atoms with E-state index in [9.17, 15) is 10.2 Å². The molecule has 2 aromatic rings. The molecular formula is C23H30ClN3O4. The van der Waals surface area contributed by atoms with Crippen molar-refractivity contribution in [3.8, 4) is 11.5 Å². The molecule has 0 amide bonds. The number of benzene rings is 2. The van der Waals surface area contributed by atoms with Crippen LogP contribution >= 0.6 is 11.6 Å². The topological polar surface area (TPSA) is 86.2 Å². The van der Waals surface area contributed by atoms with Gasteiger partial charge in [-0.15, -0.1) is 0 Å². The fraction of sp³-hybridized carbons (Fsp3) is 0.478. The van der Waals surface area contributed by atoms with Crippen molar-refractivity contribution in [1.29, 1.82) is 0 Å². The zero-order chi connectivity index (χ0) is 21.6. The molecule has 2 aliphatic heterocycles. The predicted molar refractivity (Wildman–Crippen MR) is 119 cm³/mol. The van der Waals surface area contributed by atoms with Gasteiger partial charge in [0.25, 0.3) is 0 Å². The molecule has 0 aliphatic carbocycles. The zero-order valence-corrected chi connectivity index (χ0v) is 18.2. The van der Waals surface area contributed by atoms with Crippen molar-refractivity contribution in [2.24, 2.45) is 0 Å². The maximum absolute atomic E-state index is 11.2. The molecule has 0 unspecified atom stereocenters. The average Bonchev–Trinajstić information content (AvgIpc) is 3.30. The van der Waals surface area contributed by atoms with Gasteiger partial charge in [0, 0.05) is 18.1 Å². The predicted octanol–water partition coefficient (Wildman–Crippen LogP) is 2.26. The molecule has 7 nitrogen and oxygen atoms in total. The summed E-state index contributed by atoms with van der Waals surface area (Å²) in [5.74, 6) is 1.33. The van der Waals surface area contributed by atoms with Gasteiger partial charge >= 0.3 is 0 Å². The molecule has 2 aromatic carbocycles. The Balaban J connectivity index is 1.42. The molecule has 0 spiro atoms. The second-order valence-corrected chi connectivity index (χ2v) is 8.48. The Bertz CT molecular complexity index is 845. The number of halogens is 1. The van der Waals surface area contributed by atoms with Crippen molar-refractivity contribution in [2.75, 3.05) is 32.8 Å². The van der Waals surface area contributed by atoms with Gasteiger partial charge in [0.1, 0.15) is 13.2 Å². The van der Waals surface area contributed by atoms with Crippen LogP contribution in [0.25, 0.3) is 0 Å². The summed E-state index contributed by atoms with van der Waals surface area (Å²) in [6.45, 7) is 4.13. The summed E-state index contributed by atoms with van der Waals surface area (Å²) in [7, 11) is 0. The van der Waals surface area contributed by atoms with Gasteiger partial charge in [-0.2, -0.15) is 0 Å². The molecule has 3 atom stereocenters. The molecule has 168 valence electrons. The van der Waals surface area contributed by atoms with Gasteiger partial charge in [-0.25, -0.2) is 0 Å². The molecule has 1 fully saturated rings. The summed E-state index contributed by atoms with van der Waals surface area (Å²) in [4.78, 5) is 2.31. The van der Waals surface area contributed by atoms with E-state index < -0.39 is 12.5 Å². The lowest BCUT2D eigenvalue weighted by Crippen LogP contribution is -2.53. The first kappa shape index (κ1) is 22.3. The molecular weight excluding hydrogens is 418 g/mol. The molecule has 8 heteroatoms. The highest BCUT2D eigenvalue weighted by Gasteiger charge is 2.28. The lowest BCUT2D eigenvalue weighted by Gasteiger charge is -2.31. The Kier molecular flexibility index (Phi) is 7.66. The standard InChI is InChI=1S/C23H30ClN3O4/c24-18-6-3-16(4-7-18)14-25-23(29)26-19(15-27-9-1-2-10-27)22(28)17-5-8-20-21(13-17)31-12-11-30-20/h3-8,13,19,22-23,25-26,28-29H,1-2,9-12,14-15H2/t19-,22-,23+/m1/s1. The Hall–Kier alpha value is -1.87. The van der Waals surface area contributed by atoms with E-state index in [4.69, 9.17) is 21.1 Å². The summed E-state index contributed by atoms with van der Waals surface area (Å²) >= 11 is 5.93. The van der Waals surface area contributed by atoms with Crippen molar-refractivity contribution in [2.45, 2.75) is 37.9 Å². The van der Waals surface area contributed by atoms with Gasteiger partial charge in [-0.1, -0.05) is 29.8 Å². The van der Waals surface area contributed by atoms with E-state index >= 15 is 0 Å². The molecule has 4 N–H and O–H groups in total. The highest BCUT2D eigenvalue weighted by molar-refractivity contribution is 6.30. The smallest absolute Gasteiger partial charge is 0.161 e. The molecule has 4 rings (SSSR count). The van der Waals surface area contributed by atoms with Crippen LogP contribution in [0.4, 0.5) is 0 Å². The number of aliphatic hydroxyl groups excluding tert-OH is 2. The first-order chi connectivity index (χ1) is 15.1. The first-order valence-corrected chi connectivity index (χ1v) is 11.2. The van der Waals surface area contributed by atoms with E-state index in [0.29, 0.717) is 42.8 Å². The number of hydrogen-bond donors (Lipinski definition) is 4. The van der Waals surface area contributed by atoms with E-state index in [1.54, 1.807) is 0 Å². The van der Waals surface area contributed by atoms with Crippen LogP contribution in [0.3, 0.4) is 0 Å². The van der Waals surface area contributed by atoms with Crippen LogP contribution in [-0.4, -0.2) is 60.4 Å². The first-order valence-electron chi connectivity index (χ1n) is 10.8. The summed E-state index contributed by atoms with van der Waals surface area (Å²) in [5, 5.41) is 28.6. The largest absolute Gasteiger partial charge is 0.486 e. The third kappa shape index (κ3) is 6.10. The van der Waals surface area contributed by atoms with Crippen molar-refractivity contribution in [3.63, 3.8) is 0 Å². The number of nitrogens with one attached hydrogen (secondary N) is 2. The molecule has 2 heterocycles. The van der Waals surface area contributed by atoms with Crippen LogP contribution in [0, 0.1) is 0 Å². The normalized spacial score (nSPS) is 19.2. The van der Waals surface area contributed by atoms with E-state index in [2.05, 4.69) is 15.5 Å². The van der Waals surface area contributed by atoms with Crippen molar-refractivity contribution in [1.82, 2.24) is 15.5 Å². The SMILES string of the molecule is O[C@@H](NCc1ccc(Cl)cc1)N[C@H](CN1CCCC1)[C@H](O)c1ccc2c(c1)OCCO2. The molecule has 2 aliphatic rings. The van der Waals surface area contributed by atoms with Gasteiger partial charge in [0.2, 0.25) is 0 Å². The van der Waals surface area contributed by atoms with Crippen LogP contribution in [-0.2, 0) is 6.54 Å². The lowest BCUT2D eigenvalue weighted by atomic mass is 10.0. The lowest BCUT2D eigenvalue weighted by molar-refractivity contribution is 0.0340. The van der Waals surface area contributed by atoms with Crippen LogP contribution < -0.4 is 20.1 Å². The fourth-order valence-electron chi connectivity index (χ4n) is 4.04. The quantitative estimate of drug-likeness (QED) is 0.439. The van der Waals surface area contributed by atoms with Gasteiger partial charge < -0.3 is 24.6 Å². The molecule has 31 heavy (non-hydrogen) atoms. The van der Waals surface area contributed by atoms with Crippen molar-refractivity contribution >= 4 is 11.6 Å². The van der Waals surface area contributed by atoms with E-state index in [1.807, 2.05) is 42.5 Å². The Morgan fingerprint density at radius 3 is 2.42 bits per heavy atom. The van der Waals surface area contributed by atoms with E-state index in [1.165, 1.54) is 0 Å². The van der Waals surface area contributed by atoms with Crippen LogP contribution in [0.2, 0.25) is 5.02 Å². The average molecular weight is 448 g/mol. The third-order valence-corrected chi connectivity index (χ3v) is 5.98. The fourth-order valence-corrected chi connectivity index (χ4v) is 4.17. The number of likely N-dealkylation sites (tertiary alicyclic amines) is 1. The Morgan fingerprint density at radius 2 is 1.68 bits per heavy atom. The zero-order valence-electron chi connectivity index (χ0n) is 17.5. The maximum atomic E-state index is 11.2. The molecule has 0 aromatic heterocycles. The maximum Gasteiger partial charge on any atom is 0.161 e. The highest BCUT2D eigenvalue weighted by atomic mass is 35.5. The molecule has 0 bridgehead atoms. The van der Waals surface area contributed by atoms with Crippen LogP contribution in [0.5, 0.6) is 11.5 Å². The second-order valence-electron chi connectivity index (χ2n) is 8.04. The summed E-state index contributed by atoms with van der Waals surface area (Å²) in [6, 6.07) is 12.6. The van der Waals surface area contributed by atoms with Gasteiger partial charge in [0.05, 0.1) is 12.1 Å². The molecule has 0 saturated carbocycles. The molecule has 0 radical (unpaired) electrons. The van der Waals surface area contributed by atoms with Gasteiger partial charge in [-0.3, -0.25) is 10.6 Å². The number of rotatable bonds is 9. The van der Waals surface area contributed by atoms with Gasteiger partial charge in [-0.05, 0) is 61.3 Å². The Labute approximate surface area is 187 Å². The monoisotopic (exact) mass is 447 g/mol.